The van der Waals surface area contributed by atoms with Crippen LogP contribution in [0.1, 0.15) is 39.0 Å². The van der Waals surface area contributed by atoms with Crippen LogP contribution in [0.25, 0.3) is 0 Å². The van der Waals surface area contributed by atoms with Crippen molar-refractivity contribution in [1.29, 1.82) is 5.26 Å². The standard InChI is InChI=1S/C10H17BrN2O/c1-2-9(6-8-12)13-10(14)5-3-4-7-11/h9H,2-7H2,1H3,(H,13,14). The van der Waals surface area contributed by atoms with Gasteiger partial charge in [-0.1, -0.05) is 22.9 Å². The Balaban J connectivity index is 3.63. The number of hydrogen-bond donors (Lipinski definition) is 1. The van der Waals surface area contributed by atoms with Crippen molar-refractivity contribution in [2.75, 3.05) is 5.33 Å². The van der Waals surface area contributed by atoms with Gasteiger partial charge in [0.05, 0.1) is 12.5 Å². The molecule has 0 saturated heterocycles. The van der Waals surface area contributed by atoms with Gasteiger partial charge in [-0.05, 0) is 19.3 Å². The maximum Gasteiger partial charge on any atom is 0.220 e. The van der Waals surface area contributed by atoms with Gasteiger partial charge in [-0.15, -0.1) is 0 Å². The number of rotatable bonds is 7. The number of nitriles is 1. The average Bonchev–Trinajstić information content (AvgIpc) is 2.17. The lowest BCUT2D eigenvalue weighted by Gasteiger charge is -2.13. The molecule has 0 aromatic carbocycles. The van der Waals surface area contributed by atoms with E-state index in [2.05, 4.69) is 27.3 Å². The molecule has 0 aliphatic heterocycles. The van der Waals surface area contributed by atoms with Gasteiger partial charge in [0.1, 0.15) is 0 Å². The lowest BCUT2D eigenvalue weighted by molar-refractivity contribution is -0.121. The molecular formula is C10H17BrN2O. The molecular weight excluding hydrogens is 244 g/mol. The third-order valence-electron chi connectivity index (χ3n) is 1.98. The van der Waals surface area contributed by atoms with E-state index in [9.17, 15) is 4.79 Å². The molecule has 0 spiro atoms. The highest BCUT2D eigenvalue weighted by Crippen LogP contribution is 2.01. The summed E-state index contributed by atoms with van der Waals surface area (Å²) in [5, 5.41) is 12.3. The van der Waals surface area contributed by atoms with Gasteiger partial charge in [0.15, 0.2) is 0 Å². The van der Waals surface area contributed by atoms with Crippen LogP contribution in [-0.2, 0) is 4.79 Å². The topological polar surface area (TPSA) is 52.9 Å². The molecule has 14 heavy (non-hydrogen) atoms. The summed E-state index contributed by atoms with van der Waals surface area (Å²) in [4.78, 5) is 11.3. The molecule has 0 fully saturated rings. The van der Waals surface area contributed by atoms with E-state index in [0.717, 1.165) is 24.6 Å². The molecule has 0 bridgehead atoms. The number of nitrogens with zero attached hydrogens (tertiary/aromatic N) is 1. The highest BCUT2D eigenvalue weighted by Gasteiger charge is 2.08. The van der Waals surface area contributed by atoms with Gasteiger partial charge >= 0.3 is 0 Å². The second-order valence-corrected chi connectivity index (χ2v) is 3.97. The second kappa shape index (κ2) is 9.01. The Hall–Kier alpha value is -0.560. The first-order valence-electron chi connectivity index (χ1n) is 4.96. The van der Waals surface area contributed by atoms with Crippen molar-refractivity contribution in [3.63, 3.8) is 0 Å². The number of carbonyl (C=O) groups is 1. The van der Waals surface area contributed by atoms with Crippen molar-refractivity contribution in [3.05, 3.63) is 0 Å². The third kappa shape index (κ3) is 6.90. The average molecular weight is 261 g/mol. The molecule has 1 amide bonds. The molecule has 3 nitrogen and oxygen atoms in total. The van der Waals surface area contributed by atoms with Crippen molar-refractivity contribution in [2.45, 2.75) is 45.1 Å². The molecule has 0 aliphatic carbocycles. The Kier molecular flexibility index (Phi) is 8.65. The summed E-state index contributed by atoms with van der Waals surface area (Å²) in [6, 6.07) is 2.09. The lowest BCUT2D eigenvalue weighted by atomic mass is 10.1. The molecule has 0 aromatic rings. The monoisotopic (exact) mass is 260 g/mol. The molecule has 4 heteroatoms. The molecule has 0 saturated carbocycles. The van der Waals surface area contributed by atoms with E-state index in [1.54, 1.807) is 0 Å². The van der Waals surface area contributed by atoms with Crippen LogP contribution in [0.2, 0.25) is 0 Å². The molecule has 1 unspecified atom stereocenters. The molecule has 0 aromatic heterocycles. The summed E-state index contributed by atoms with van der Waals surface area (Å²) in [6.07, 6.45) is 3.70. The van der Waals surface area contributed by atoms with Gasteiger partial charge in [-0.2, -0.15) is 5.26 Å². The van der Waals surface area contributed by atoms with Crippen LogP contribution >= 0.6 is 15.9 Å². The minimum absolute atomic E-state index is 0.0245. The van der Waals surface area contributed by atoms with E-state index in [1.165, 1.54) is 0 Å². The summed E-state index contributed by atoms with van der Waals surface area (Å²) >= 11 is 3.31. The third-order valence-corrected chi connectivity index (χ3v) is 2.54. The van der Waals surface area contributed by atoms with Crippen LogP contribution in [0.3, 0.4) is 0 Å². The van der Waals surface area contributed by atoms with Gasteiger partial charge in [-0.25, -0.2) is 0 Å². The first-order valence-corrected chi connectivity index (χ1v) is 6.09. The first-order chi connectivity index (χ1) is 6.74. The van der Waals surface area contributed by atoms with E-state index in [4.69, 9.17) is 5.26 Å². The molecule has 0 heterocycles. The molecule has 0 rings (SSSR count). The predicted octanol–water partition coefficient (Wildman–Crippen LogP) is 2.36. The van der Waals surface area contributed by atoms with Crippen LogP contribution in [0.4, 0.5) is 0 Å². The summed E-state index contributed by atoms with van der Waals surface area (Å²) in [7, 11) is 0. The Labute approximate surface area is 94.0 Å². The van der Waals surface area contributed by atoms with Crippen molar-refractivity contribution >= 4 is 21.8 Å². The minimum Gasteiger partial charge on any atom is -0.352 e. The van der Waals surface area contributed by atoms with Crippen molar-refractivity contribution in [1.82, 2.24) is 5.32 Å². The number of carbonyl (C=O) groups excluding carboxylic acids is 1. The van der Waals surface area contributed by atoms with Gasteiger partial charge in [0.25, 0.3) is 0 Å². The molecule has 80 valence electrons. The maximum atomic E-state index is 11.3. The van der Waals surface area contributed by atoms with E-state index in [0.29, 0.717) is 12.8 Å². The minimum atomic E-state index is 0.0245. The zero-order valence-corrected chi connectivity index (χ0v) is 10.1. The van der Waals surface area contributed by atoms with Crippen LogP contribution in [-0.4, -0.2) is 17.3 Å². The maximum absolute atomic E-state index is 11.3. The number of alkyl halides is 1. The van der Waals surface area contributed by atoms with Gasteiger partial charge in [0.2, 0.25) is 5.91 Å². The molecule has 0 radical (unpaired) electrons. The number of unbranched alkanes of at least 4 members (excludes halogenated alkanes) is 1. The zero-order chi connectivity index (χ0) is 10.8. The Morgan fingerprint density at radius 3 is 2.79 bits per heavy atom. The van der Waals surface area contributed by atoms with Crippen molar-refractivity contribution in [3.8, 4) is 6.07 Å². The molecule has 1 atom stereocenters. The van der Waals surface area contributed by atoms with E-state index < -0.39 is 0 Å². The largest absolute Gasteiger partial charge is 0.352 e. The summed E-state index contributed by atoms with van der Waals surface area (Å²) in [5.74, 6) is 0.0630. The quantitative estimate of drug-likeness (QED) is 0.565. The molecule has 1 N–H and O–H groups in total. The normalized spacial score (nSPS) is 11.8. The van der Waals surface area contributed by atoms with Crippen LogP contribution in [0, 0.1) is 11.3 Å². The summed E-state index contributed by atoms with van der Waals surface area (Å²) < 4.78 is 0. The predicted molar refractivity (Wildman–Crippen MR) is 60.1 cm³/mol. The van der Waals surface area contributed by atoms with E-state index in [1.807, 2.05) is 6.92 Å². The zero-order valence-electron chi connectivity index (χ0n) is 8.55. The number of nitrogens with one attached hydrogen (secondary N) is 1. The fourth-order valence-electron chi connectivity index (χ4n) is 1.09. The smallest absolute Gasteiger partial charge is 0.220 e. The fraction of sp³-hybridized carbons (Fsp3) is 0.800. The van der Waals surface area contributed by atoms with Crippen molar-refractivity contribution in [2.24, 2.45) is 0 Å². The van der Waals surface area contributed by atoms with Gasteiger partial charge in [0, 0.05) is 17.8 Å². The fourth-order valence-corrected chi connectivity index (χ4v) is 1.48. The van der Waals surface area contributed by atoms with Gasteiger partial charge < -0.3 is 5.32 Å². The van der Waals surface area contributed by atoms with Crippen molar-refractivity contribution < 1.29 is 4.79 Å². The van der Waals surface area contributed by atoms with Gasteiger partial charge in [-0.3, -0.25) is 4.79 Å². The highest BCUT2D eigenvalue weighted by molar-refractivity contribution is 9.09. The second-order valence-electron chi connectivity index (χ2n) is 3.18. The SMILES string of the molecule is CCC(CC#N)NC(=O)CCCCBr. The summed E-state index contributed by atoms with van der Waals surface area (Å²) in [5.41, 5.74) is 0. The lowest BCUT2D eigenvalue weighted by Crippen LogP contribution is -2.33. The summed E-state index contributed by atoms with van der Waals surface area (Å²) in [6.45, 7) is 1.97. The highest BCUT2D eigenvalue weighted by atomic mass is 79.9. The number of hydrogen-bond acceptors (Lipinski definition) is 2. The first kappa shape index (κ1) is 13.4. The Bertz CT molecular complexity index is 201. The Morgan fingerprint density at radius 1 is 1.57 bits per heavy atom. The molecule has 0 aliphatic rings. The van der Waals surface area contributed by atoms with E-state index in [-0.39, 0.29) is 11.9 Å². The number of amides is 1. The van der Waals surface area contributed by atoms with E-state index >= 15 is 0 Å². The Morgan fingerprint density at radius 2 is 2.29 bits per heavy atom. The number of halogens is 1. The van der Waals surface area contributed by atoms with Crippen LogP contribution < -0.4 is 5.32 Å². The van der Waals surface area contributed by atoms with Crippen LogP contribution in [0.15, 0.2) is 0 Å². The van der Waals surface area contributed by atoms with Crippen LogP contribution in [0.5, 0.6) is 0 Å².